The second-order valence-corrected chi connectivity index (χ2v) is 8.38. The van der Waals surface area contributed by atoms with Crippen LogP contribution in [0.2, 0.25) is 0 Å². The molecule has 1 amide bonds. The summed E-state index contributed by atoms with van der Waals surface area (Å²) in [5.74, 6) is -1.72. The van der Waals surface area contributed by atoms with E-state index in [1.165, 1.54) is 6.07 Å². The fourth-order valence-corrected chi connectivity index (χ4v) is 4.41. The van der Waals surface area contributed by atoms with E-state index in [-0.39, 0.29) is 34.7 Å². The monoisotopic (exact) mass is 438 g/mol. The van der Waals surface area contributed by atoms with Gasteiger partial charge >= 0.3 is 0 Å². The maximum Gasteiger partial charge on any atom is 0.274 e. The number of hydrogen-bond donors (Lipinski definition) is 3. The lowest BCUT2D eigenvalue weighted by molar-refractivity contribution is 0.102. The molecule has 0 unspecified atom stereocenters. The lowest BCUT2D eigenvalue weighted by Gasteiger charge is -2.32. The standard InChI is InChI=1S/C24H24F2N4O2/c1-13-8-14(10-15(27)9-13)17-6-7-28-12-22(17)30-24(32)21-5-4-20(26)23(29-21)18-11-16(31)2-3-19(18)25/h2-7,11-15,31H,8-10,27H2,1H3,(H,30,32)/t13-,14+,15+/m0/s1. The largest absolute Gasteiger partial charge is 0.508 e. The zero-order valence-electron chi connectivity index (χ0n) is 17.6. The van der Waals surface area contributed by atoms with Gasteiger partial charge in [0, 0.05) is 17.8 Å². The molecule has 0 aliphatic heterocycles. The number of benzene rings is 1. The second kappa shape index (κ2) is 9.00. The number of rotatable bonds is 4. The number of carbonyl (C=O) groups is 1. The van der Waals surface area contributed by atoms with Gasteiger partial charge in [-0.3, -0.25) is 9.78 Å². The highest BCUT2D eigenvalue weighted by molar-refractivity contribution is 6.03. The summed E-state index contributed by atoms with van der Waals surface area (Å²) in [5.41, 5.74) is 7.01. The molecule has 166 valence electrons. The van der Waals surface area contributed by atoms with Crippen LogP contribution in [0.5, 0.6) is 5.75 Å². The van der Waals surface area contributed by atoms with E-state index in [2.05, 4.69) is 22.2 Å². The molecule has 0 saturated heterocycles. The van der Waals surface area contributed by atoms with Crippen molar-refractivity contribution in [3.8, 4) is 17.0 Å². The van der Waals surface area contributed by atoms with Gasteiger partial charge in [0.1, 0.15) is 28.8 Å². The van der Waals surface area contributed by atoms with Crippen LogP contribution in [-0.4, -0.2) is 27.0 Å². The number of hydrogen-bond acceptors (Lipinski definition) is 5. The zero-order chi connectivity index (χ0) is 22.8. The van der Waals surface area contributed by atoms with Crippen molar-refractivity contribution in [3.05, 3.63) is 71.7 Å². The molecule has 3 atom stereocenters. The number of amides is 1. The fraction of sp³-hybridized carbons (Fsp3) is 0.292. The van der Waals surface area contributed by atoms with Gasteiger partial charge in [-0.2, -0.15) is 0 Å². The fourth-order valence-electron chi connectivity index (χ4n) is 4.41. The van der Waals surface area contributed by atoms with Crippen LogP contribution in [0, 0.1) is 17.6 Å². The average molecular weight is 438 g/mol. The van der Waals surface area contributed by atoms with E-state index in [9.17, 15) is 18.7 Å². The molecule has 8 heteroatoms. The van der Waals surface area contributed by atoms with Crippen LogP contribution < -0.4 is 11.1 Å². The van der Waals surface area contributed by atoms with Gasteiger partial charge in [0.25, 0.3) is 5.91 Å². The zero-order valence-corrected chi connectivity index (χ0v) is 17.6. The first kappa shape index (κ1) is 21.8. The van der Waals surface area contributed by atoms with Gasteiger partial charge in [-0.05, 0) is 73.1 Å². The maximum absolute atomic E-state index is 14.4. The minimum atomic E-state index is -0.807. The van der Waals surface area contributed by atoms with Gasteiger partial charge in [0.05, 0.1) is 11.9 Å². The molecular formula is C24H24F2N4O2. The van der Waals surface area contributed by atoms with Gasteiger partial charge in [-0.1, -0.05) is 6.92 Å². The first-order valence-electron chi connectivity index (χ1n) is 10.5. The number of nitrogens with one attached hydrogen (secondary N) is 1. The molecule has 3 aromatic rings. The van der Waals surface area contributed by atoms with Gasteiger partial charge in [-0.25, -0.2) is 13.8 Å². The summed E-state index contributed by atoms with van der Waals surface area (Å²) in [6.07, 6.45) is 5.98. The Morgan fingerprint density at radius 3 is 2.69 bits per heavy atom. The third-order valence-corrected chi connectivity index (χ3v) is 5.81. The first-order chi connectivity index (χ1) is 15.3. The van der Waals surface area contributed by atoms with E-state index in [0.29, 0.717) is 11.6 Å². The molecule has 1 fully saturated rings. The summed E-state index contributed by atoms with van der Waals surface area (Å²) in [6.45, 7) is 2.16. The predicted octanol–water partition coefficient (Wildman–Crippen LogP) is 4.61. The van der Waals surface area contributed by atoms with Crippen LogP contribution in [-0.2, 0) is 0 Å². The van der Waals surface area contributed by atoms with Crippen molar-refractivity contribution >= 4 is 11.6 Å². The quantitative estimate of drug-likeness (QED) is 0.552. The molecule has 32 heavy (non-hydrogen) atoms. The molecule has 1 aliphatic carbocycles. The maximum atomic E-state index is 14.4. The van der Waals surface area contributed by atoms with Crippen molar-refractivity contribution in [2.45, 2.75) is 38.1 Å². The van der Waals surface area contributed by atoms with Crippen molar-refractivity contribution in [3.63, 3.8) is 0 Å². The Hall–Kier alpha value is -3.39. The van der Waals surface area contributed by atoms with Crippen LogP contribution in [0.1, 0.15) is 48.2 Å². The number of nitrogens with two attached hydrogens (primary N) is 1. The highest BCUT2D eigenvalue weighted by Gasteiger charge is 2.27. The summed E-state index contributed by atoms with van der Waals surface area (Å²) in [6, 6.07) is 7.46. The molecular weight excluding hydrogens is 414 g/mol. The van der Waals surface area contributed by atoms with Crippen LogP contribution in [0.4, 0.5) is 14.5 Å². The molecule has 0 radical (unpaired) electrons. The molecule has 4 rings (SSSR count). The molecule has 0 bridgehead atoms. The predicted molar refractivity (Wildman–Crippen MR) is 117 cm³/mol. The number of aromatic nitrogens is 2. The normalized spacial score (nSPS) is 20.7. The molecule has 1 aromatic carbocycles. The third-order valence-electron chi connectivity index (χ3n) is 5.81. The number of nitrogens with zero attached hydrogens (tertiary/aromatic N) is 2. The van der Waals surface area contributed by atoms with E-state index >= 15 is 0 Å². The highest BCUT2D eigenvalue weighted by Crippen LogP contribution is 2.38. The number of phenols is 1. The summed E-state index contributed by atoms with van der Waals surface area (Å²) in [5, 5.41) is 12.5. The van der Waals surface area contributed by atoms with Crippen molar-refractivity contribution in [2.24, 2.45) is 11.7 Å². The van der Waals surface area contributed by atoms with E-state index in [0.717, 1.165) is 49.1 Å². The molecule has 1 saturated carbocycles. The first-order valence-corrected chi connectivity index (χ1v) is 10.5. The second-order valence-electron chi connectivity index (χ2n) is 8.38. The number of anilines is 1. The van der Waals surface area contributed by atoms with Crippen molar-refractivity contribution < 1.29 is 18.7 Å². The van der Waals surface area contributed by atoms with E-state index in [4.69, 9.17) is 5.73 Å². The lowest BCUT2D eigenvalue weighted by atomic mass is 9.76. The van der Waals surface area contributed by atoms with Crippen LogP contribution in [0.15, 0.2) is 48.8 Å². The van der Waals surface area contributed by atoms with Gasteiger partial charge in [-0.15, -0.1) is 0 Å². The Morgan fingerprint density at radius 1 is 1.12 bits per heavy atom. The topological polar surface area (TPSA) is 101 Å². The van der Waals surface area contributed by atoms with Gasteiger partial charge in [0.2, 0.25) is 0 Å². The molecule has 2 heterocycles. The molecule has 0 spiro atoms. The number of halogens is 2. The molecule has 2 aromatic heterocycles. The lowest BCUT2D eigenvalue weighted by Crippen LogP contribution is -2.31. The molecule has 4 N–H and O–H groups in total. The number of phenolic OH excluding ortho intramolecular Hbond substituents is 1. The number of carbonyl (C=O) groups excluding carboxylic acids is 1. The summed E-state index contributed by atoms with van der Waals surface area (Å²) >= 11 is 0. The Bertz CT molecular complexity index is 1140. The van der Waals surface area contributed by atoms with Crippen LogP contribution in [0.3, 0.4) is 0 Å². The Kier molecular flexibility index (Phi) is 6.14. The smallest absolute Gasteiger partial charge is 0.274 e. The number of pyridine rings is 2. The Balaban J connectivity index is 1.63. The molecule has 1 aliphatic rings. The van der Waals surface area contributed by atoms with Gasteiger partial charge in [0.15, 0.2) is 0 Å². The van der Waals surface area contributed by atoms with E-state index in [1.807, 2.05) is 6.07 Å². The summed E-state index contributed by atoms with van der Waals surface area (Å²) in [7, 11) is 0. The minimum absolute atomic E-state index is 0.0901. The van der Waals surface area contributed by atoms with Crippen molar-refractivity contribution in [1.82, 2.24) is 9.97 Å². The third kappa shape index (κ3) is 4.60. The Labute approximate surface area is 184 Å². The van der Waals surface area contributed by atoms with Gasteiger partial charge < -0.3 is 16.2 Å². The highest BCUT2D eigenvalue weighted by atomic mass is 19.1. The summed E-state index contributed by atoms with van der Waals surface area (Å²) < 4.78 is 28.6. The van der Waals surface area contributed by atoms with E-state index < -0.39 is 17.5 Å². The summed E-state index contributed by atoms with van der Waals surface area (Å²) in [4.78, 5) is 21.1. The molecule has 6 nitrogen and oxygen atoms in total. The van der Waals surface area contributed by atoms with E-state index in [1.54, 1.807) is 12.4 Å². The van der Waals surface area contributed by atoms with Crippen LogP contribution >= 0.6 is 0 Å². The number of aromatic hydroxyl groups is 1. The SMILES string of the molecule is C[C@@H]1C[C@@H](N)C[C@H](c2ccncc2NC(=O)c2ccc(F)c(-c3cc(O)ccc3F)n2)C1. The average Bonchev–Trinajstić information content (AvgIpc) is 2.75. The van der Waals surface area contributed by atoms with Crippen LogP contribution in [0.25, 0.3) is 11.3 Å². The minimum Gasteiger partial charge on any atom is -0.508 e. The van der Waals surface area contributed by atoms with Crippen molar-refractivity contribution in [1.29, 1.82) is 0 Å². The Morgan fingerprint density at radius 2 is 1.91 bits per heavy atom. The van der Waals surface area contributed by atoms with Crippen molar-refractivity contribution in [2.75, 3.05) is 5.32 Å².